The molecule has 0 bridgehead atoms. The van der Waals surface area contributed by atoms with Crippen LogP contribution >= 0.6 is 0 Å². The summed E-state index contributed by atoms with van der Waals surface area (Å²) in [6.07, 6.45) is 5.68. The number of aromatic nitrogens is 2. The van der Waals surface area contributed by atoms with Crippen LogP contribution in [0.4, 0.5) is 4.39 Å². The van der Waals surface area contributed by atoms with Crippen LogP contribution in [0.2, 0.25) is 0 Å². The summed E-state index contributed by atoms with van der Waals surface area (Å²) in [5.74, 6) is -0.220. The number of fused-ring (bicyclic) bond motifs is 3. The van der Waals surface area contributed by atoms with Crippen molar-refractivity contribution in [2.24, 2.45) is 0 Å². The van der Waals surface area contributed by atoms with Crippen LogP contribution in [-0.2, 0) is 13.1 Å². The molecule has 6 heteroatoms. The fourth-order valence-corrected chi connectivity index (χ4v) is 4.44. The van der Waals surface area contributed by atoms with E-state index in [2.05, 4.69) is 20.5 Å². The second kappa shape index (κ2) is 6.87. The number of hydrogen-bond donors (Lipinski definition) is 0. The summed E-state index contributed by atoms with van der Waals surface area (Å²) in [6.45, 7) is 3.00. The lowest BCUT2D eigenvalue weighted by atomic mass is 10.0. The summed E-state index contributed by atoms with van der Waals surface area (Å²) in [5, 5.41) is 0. The van der Waals surface area contributed by atoms with Gasteiger partial charge < -0.3 is 9.47 Å². The molecule has 0 unspecified atom stereocenters. The Bertz CT molecular complexity index is 985. The van der Waals surface area contributed by atoms with Crippen LogP contribution < -0.4 is 0 Å². The summed E-state index contributed by atoms with van der Waals surface area (Å²) >= 11 is 0. The van der Waals surface area contributed by atoms with Gasteiger partial charge in [0.25, 0.3) is 5.91 Å². The molecule has 2 aliphatic heterocycles. The highest BCUT2D eigenvalue weighted by Gasteiger charge is 2.44. The van der Waals surface area contributed by atoms with Gasteiger partial charge in [-0.1, -0.05) is 18.2 Å². The maximum absolute atomic E-state index is 13.3. The molecule has 1 fully saturated rings. The second-order valence-corrected chi connectivity index (χ2v) is 7.55. The van der Waals surface area contributed by atoms with Gasteiger partial charge in [-0.05, 0) is 41.5 Å². The lowest BCUT2D eigenvalue weighted by Crippen LogP contribution is -2.49. The van der Waals surface area contributed by atoms with E-state index in [-0.39, 0.29) is 23.8 Å². The Morgan fingerprint density at radius 1 is 0.964 bits per heavy atom. The van der Waals surface area contributed by atoms with Crippen LogP contribution in [0.5, 0.6) is 0 Å². The largest absolute Gasteiger partial charge is 0.337 e. The number of carbonyl (C=O) groups excluding carboxylic acids is 1. The summed E-state index contributed by atoms with van der Waals surface area (Å²) in [6, 6.07) is 14.6. The van der Waals surface area contributed by atoms with E-state index in [0.29, 0.717) is 6.54 Å². The van der Waals surface area contributed by atoms with Crippen molar-refractivity contribution in [2.75, 3.05) is 13.1 Å². The predicted octanol–water partition coefficient (Wildman–Crippen LogP) is 3.10. The van der Waals surface area contributed by atoms with E-state index in [1.54, 1.807) is 18.3 Å². The molecule has 1 saturated heterocycles. The standard InChI is InChI=1S/C22H21FN4O/c23-18-7-5-16(6-8-18)13-27-21-15-25(12-17-3-1-9-24-11-17)14-20(21)26-10-2-4-19(26)22(27)28/h1-11,20-21H,12-15H2/t20-,21+/m1/s1. The summed E-state index contributed by atoms with van der Waals surface area (Å²) in [7, 11) is 0. The molecule has 142 valence electrons. The Morgan fingerprint density at radius 3 is 2.57 bits per heavy atom. The van der Waals surface area contributed by atoms with Gasteiger partial charge in [-0.25, -0.2) is 4.39 Å². The molecule has 5 rings (SSSR count). The van der Waals surface area contributed by atoms with Crippen LogP contribution in [0, 0.1) is 5.82 Å². The lowest BCUT2D eigenvalue weighted by Gasteiger charge is -2.38. The van der Waals surface area contributed by atoms with Crippen molar-refractivity contribution < 1.29 is 9.18 Å². The minimum absolute atomic E-state index is 0.0406. The number of amides is 1. The molecule has 0 aliphatic carbocycles. The number of rotatable bonds is 4. The van der Waals surface area contributed by atoms with Crippen LogP contribution in [0.1, 0.15) is 27.7 Å². The van der Waals surface area contributed by atoms with Gasteiger partial charge in [-0.2, -0.15) is 0 Å². The van der Waals surface area contributed by atoms with E-state index in [4.69, 9.17) is 0 Å². The van der Waals surface area contributed by atoms with Crippen molar-refractivity contribution in [3.8, 4) is 0 Å². The first-order valence-corrected chi connectivity index (χ1v) is 9.52. The Labute approximate surface area is 163 Å². The molecule has 0 N–H and O–H groups in total. The van der Waals surface area contributed by atoms with Crippen molar-refractivity contribution in [3.63, 3.8) is 0 Å². The highest BCUT2D eigenvalue weighted by atomic mass is 19.1. The van der Waals surface area contributed by atoms with E-state index in [1.807, 2.05) is 35.5 Å². The molecular weight excluding hydrogens is 355 g/mol. The number of nitrogens with zero attached hydrogens (tertiary/aromatic N) is 4. The molecule has 0 spiro atoms. The van der Waals surface area contributed by atoms with Crippen molar-refractivity contribution in [1.29, 1.82) is 0 Å². The van der Waals surface area contributed by atoms with Crippen LogP contribution in [0.15, 0.2) is 67.1 Å². The first kappa shape index (κ1) is 17.1. The minimum atomic E-state index is -0.260. The number of likely N-dealkylation sites (tertiary alicyclic amines) is 1. The summed E-state index contributed by atoms with van der Waals surface area (Å²) < 4.78 is 15.4. The quantitative estimate of drug-likeness (QED) is 0.703. The van der Waals surface area contributed by atoms with E-state index >= 15 is 0 Å². The topological polar surface area (TPSA) is 41.4 Å². The second-order valence-electron chi connectivity index (χ2n) is 7.55. The van der Waals surface area contributed by atoms with E-state index in [1.165, 1.54) is 17.7 Å². The van der Waals surface area contributed by atoms with Crippen LogP contribution in [0.25, 0.3) is 0 Å². The molecule has 0 radical (unpaired) electrons. The smallest absolute Gasteiger partial charge is 0.271 e. The first-order chi connectivity index (χ1) is 13.7. The van der Waals surface area contributed by atoms with Gasteiger partial charge in [0.2, 0.25) is 0 Å². The molecule has 2 aromatic heterocycles. The van der Waals surface area contributed by atoms with Crippen LogP contribution in [0.3, 0.4) is 0 Å². The first-order valence-electron chi connectivity index (χ1n) is 9.52. The van der Waals surface area contributed by atoms with Gasteiger partial charge in [0.05, 0.1) is 12.1 Å². The zero-order valence-corrected chi connectivity index (χ0v) is 15.4. The van der Waals surface area contributed by atoms with Crippen molar-refractivity contribution in [1.82, 2.24) is 19.4 Å². The Kier molecular flexibility index (Phi) is 4.20. The third kappa shape index (κ3) is 2.99. The van der Waals surface area contributed by atoms with Gasteiger partial charge >= 0.3 is 0 Å². The Morgan fingerprint density at radius 2 is 1.79 bits per heavy atom. The Hall–Kier alpha value is -2.99. The number of halogens is 1. The zero-order valence-electron chi connectivity index (χ0n) is 15.4. The molecule has 2 aliphatic rings. The molecule has 2 atom stereocenters. The van der Waals surface area contributed by atoms with Gasteiger partial charge in [0.1, 0.15) is 11.5 Å². The minimum Gasteiger partial charge on any atom is -0.337 e. The summed E-state index contributed by atoms with van der Waals surface area (Å²) in [4.78, 5) is 21.7. The third-order valence-electron chi connectivity index (χ3n) is 5.75. The molecule has 5 nitrogen and oxygen atoms in total. The van der Waals surface area contributed by atoms with Crippen molar-refractivity contribution >= 4 is 5.91 Å². The summed E-state index contributed by atoms with van der Waals surface area (Å²) in [5.41, 5.74) is 2.84. The van der Waals surface area contributed by atoms with Crippen molar-refractivity contribution in [2.45, 2.75) is 25.2 Å². The zero-order chi connectivity index (χ0) is 19.1. The van der Waals surface area contributed by atoms with Crippen LogP contribution in [-0.4, -0.2) is 44.4 Å². The highest BCUT2D eigenvalue weighted by molar-refractivity contribution is 5.94. The van der Waals surface area contributed by atoms with E-state index < -0.39 is 0 Å². The number of hydrogen-bond acceptors (Lipinski definition) is 3. The van der Waals surface area contributed by atoms with Crippen molar-refractivity contribution in [3.05, 3.63) is 89.8 Å². The third-order valence-corrected chi connectivity index (χ3v) is 5.75. The fraction of sp³-hybridized carbons (Fsp3) is 0.273. The average Bonchev–Trinajstić information content (AvgIpc) is 3.34. The molecule has 1 aromatic carbocycles. The van der Waals surface area contributed by atoms with Gasteiger partial charge in [-0.3, -0.25) is 14.7 Å². The van der Waals surface area contributed by atoms with E-state index in [9.17, 15) is 9.18 Å². The molecule has 4 heterocycles. The monoisotopic (exact) mass is 376 g/mol. The maximum Gasteiger partial charge on any atom is 0.271 e. The molecule has 28 heavy (non-hydrogen) atoms. The highest BCUT2D eigenvalue weighted by Crippen LogP contribution is 2.35. The molecule has 0 saturated carbocycles. The maximum atomic E-state index is 13.3. The van der Waals surface area contributed by atoms with Gasteiger partial charge in [0.15, 0.2) is 0 Å². The van der Waals surface area contributed by atoms with Gasteiger partial charge in [0, 0.05) is 44.8 Å². The molecular formula is C22H21FN4O. The average molecular weight is 376 g/mol. The molecule has 3 aromatic rings. The van der Waals surface area contributed by atoms with E-state index in [0.717, 1.165) is 30.9 Å². The fourth-order valence-electron chi connectivity index (χ4n) is 4.44. The van der Waals surface area contributed by atoms with Gasteiger partial charge in [-0.15, -0.1) is 0 Å². The number of pyridine rings is 1. The number of benzene rings is 1. The lowest BCUT2D eigenvalue weighted by molar-refractivity contribution is 0.0556. The normalized spacial score (nSPS) is 21.6. The predicted molar refractivity (Wildman–Crippen MR) is 103 cm³/mol. The molecule has 1 amide bonds. The SMILES string of the molecule is O=C1c2cccn2[C@@H]2CN(Cc3cccnc3)C[C@@H]2N1Cc1ccc(F)cc1. The number of carbonyl (C=O) groups is 1. The Balaban J connectivity index is 1.43.